The lowest BCUT2D eigenvalue weighted by Crippen LogP contribution is -2.11. The van der Waals surface area contributed by atoms with Crippen LogP contribution in [-0.2, 0) is 6.54 Å². The van der Waals surface area contributed by atoms with E-state index in [4.69, 9.17) is 14.5 Å². The van der Waals surface area contributed by atoms with Crippen LogP contribution in [0.25, 0.3) is 22.4 Å². The van der Waals surface area contributed by atoms with Crippen molar-refractivity contribution >= 4 is 11.0 Å². The third-order valence-corrected chi connectivity index (χ3v) is 5.78. The second kappa shape index (κ2) is 8.03. The fourth-order valence-corrected chi connectivity index (χ4v) is 4.29. The molecule has 4 nitrogen and oxygen atoms in total. The maximum Gasteiger partial charge on any atom is 0.161 e. The molecule has 0 atom stereocenters. The molecule has 0 aliphatic heterocycles. The maximum absolute atomic E-state index is 5.51. The van der Waals surface area contributed by atoms with Crippen LogP contribution in [0.3, 0.4) is 0 Å². The van der Waals surface area contributed by atoms with Crippen LogP contribution in [0, 0.1) is 5.92 Å². The molecular weight excluding hydrogens is 336 g/mol. The molecule has 4 heteroatoms. The lowest BCUT2D eigenvalue weighted by Gasteiger charge is -2.22. The van der Waals surface area contributed by atoms with Crippen molar-refractivity contribution in [1.82, 2.24) is 9.55 Å². The Morgan fingerprint density at radius 3 is 2.52 bits per heavy atom. The van der Waals surface area contributed by atoms with E-state index in [9.17, 15) is 0 Å². The summed E-state index contributed by atoms with van der Waals surface area (Å²) in [5.41, 5.74) is 3.32. The van der Waals surface area contributed by atoms with Crippen LogP contribution < -0.4 is 9.47 Å². The van der Waals surface area contributed by atoms with Gasteiger partial charge in [0.05, 0.1) is 25.3 Å². The van der Waals surface area contributed by atoms with Crippen LogP contribution in [-0.4, -0.2) is 23.8 Å². The molecule has 1 aromatic heterocycles. The fourth-order valence-electron chi connectivity index (χ4n) is 4.29. The number of nitrogens with zero attached hydrogens (tertiary/aromatic N) is 2. The molecule has 1 aliphatic rings. The van der Waals surface area contributed by atoms with Crippen molar-refractivity contribution in [3.05, 3.63) is 42.5 Å². The largest absolute Gasteiger partial charge is 0.493 e. The molecule has 0 amide bonds. The Morgan fingerprint density at radius 2 is 1.74 bits per heavy atom. The first kappa shape index (κ1) is 17.9. The molecule has 27 heavy (non-hydrogen) atoms. The molecule has 1 fully saturated rings. The Morgan fingerprint density at radius 1 is 0.963 bits per heavy atom. The quantitative estimate of drug-likeness (QED) is 0.564. The molecule has 0 spiro atoms. The topological polar surface area (TPSA) is 36.3 Å². The number of hydrogen-bond donors (Lipinski definition) is 0. The highest BCUT2D eigenvalue weighted by Gasteiger charge is 2.18. The van der Waals surface area contributed by atoms with E-state index >= 15 is 0 Å². The van der Waals surface area contributed by atoms with Crippen molar-refractivity contribution in [2.75, 3.05) is 14.2 Å². The average Bonchev–Trinajstić information content (AvgIpc) is 3.11. The summed E-state index contributed by atoms with van der Waals surface area (Å²) in [4.78, 5) is 4.94. The number of imidazole rings is 1. The maximum atomic E-state index is 5.51. The fraction of sp³-hybridized carbons (Fsp3) is 0.435. The first-order valence-corrected chi connectivity index (χ1v) is 9.98. The van der Waals surface area contributed by atoms with E-state index in [2.05, 4.69) is 34.9 Å². The van der Waals surface area contributed by atoms with Gasteiger partial charge in [0, 0.05) is 12.1 Å². The molecule has 1 heterocycles. The molecule has 0 saturated heterocycles. The van der Waals surface area contributed by atoms with Crippen LogP contribution in [0.4, 0.5) is 0 Å². The molecule has 4 rings (SSSR count). The molecule has 0 radical (unpaired) electrons. The predicted molar refractivity (Wildman–Crippen MR) is 109 cm³/mol. The molecule has 2 aromatic carbocycles. The Bertz CT molecular complexity index is 910. The lowest BCUT2D eigenvalue weighted by atomic mass is 9.87. The molecular formula is C23H28N2O2. The van der Waals surface area contributed by atoms with E-state index in [-0.39, 0.29) is 0 Å². The van der Waals surface area contributed by atoms with Gasteiger partial charge in [-0.2, -0.15) is 0 Å². The third kappa shape index (κ3) is 3.66. The minimum Gasteiger partial charge on any atom is -0.493 e. The van der Waals surface area contributed by atoms with Gasteiger partial charge in [0.25, 0.3) is 0 Å². The minimum absolute atomic E-state index is 0.737. The van der Waals surface area contributed by atoms with Crippen LogP contribution in [0.1, 0.15) is 38.5 Å². The Kier molecular flexibility index (Phi) is 5.33. The van der Waals surface area contributed by atoms with E-state index in [1.54, 1.807) is 14.2 Å². The van der Waals surface area contributed by atoms with Gasteiger partial charge < -0.3 is 14.0 Å². The van der Waals surface area contributed by atoms with Gasteiger partial charge >= 0.3 is 0 Å². The third-order valence-electron chi connectivity index (χ3n) is 5.78. The van der Waals surface area contributed by atoms with E-state index in [1.807, 2.05) is 12.1 Å². The SMILES string of the molecule is COc1ccc(-c2nc3ccccc3n2CCC2CCCCC2)cc1OC. The van der Waals surface area contributed by atoms with Crippen molar-refractivity contribution in [3.8, 4) is 22.9 Å². The second-order valence-electron chi connectivity index (χ2n) is 7.44. The average molecular weight is 364 g/mol. The number of benzene rings is 2. The number of ether oxygens (including phenoxy) is 2. The first-order valence-electron chi connectivity index (χ1n) is 9.98. The highest BCUT2D eigenvalue weighted by Crippen LogP contribution is 2.34. The number of fused-ring (bicyclic) bond motifs is 1. The lowest BCUT2D eigenvalue weighted by molar-refractivity contribution is 0.326. The molecule has 142 valence electrons. The van der Waals surface area contributed by atoms with Gasteiger partial charge in [-0.3, -0.25) is 0 Å². The zero-order valence-corrected chi connectivity index (χ0v) is 16.3. The summed E-state index contributed by atoms with van der Waals surface area (Å²) >= 11 is 0. The summed E-state index contributed by atoms with van der Waals surface area (Å²) in [5.74, 6) is 3.33. The molecule has 1 saturated carbocycles. The van der Waals surface area contributed by atoms with Crippen molar-refractivity contribution in [3.63, 3.8) is 0 Å². The molecule has 0 bridgehead atoms. The predicted octanol–water partition coefficient (Wildman–Crippen LogP) is 5.69. The zero-order chi connectivity index (χ0) is 18.6. The van der Waals surface area contributed by atoms with Crippen LogP contribution in [0.2, 0.25) is 0 Å². The smallest absolute Gasteiger partial charge is 0.161 e. The van der Waals surface area contributed by atoms with E-state index in [0.717, 1.165) is 40.9 Å². The summed E-state index contributed by atoms with van der Waals surface area (Å²) in [5, 5.41) is 0. The highest BCUT2D eigenvalue weighted by molar-refractivity contribution is 5.81. The number of aryl methyl sites for hydroxylation is 1. The highest BCUT2D eigenvalue weighted by atomic mass is 16.5. The van der Waals surface area contributed by atoms with E-state index < -0.39 is 0 Å². The van der Waals surface area contributed by atoms with Gasteiger partial charge in [-0.25, -0.2) is 4.98 Å². The Balaban J connectivity index is 1.71. The van der Waals surface area contributed by atoms with Crippen molar-refractivity contribution in [2.24, 2.45) is 5.92 Å². The van der Waals surface area contributed by atoms with Gasteiger partial charge in [-0.05, 0) is 42.7 Å². The van der Waals surface area contributed by atoms with Crippen molar-refractivity contribution in [1.29, 1.82) is 0 Å². The number of para-hydroxylation sites is 2. The summed E-state index contributed by atoms with van der Waals surface area (Å²) in [6, 6.07) is 14.5. The van der Waals surface area contributed by atoms with Crippen molar-refractivity contribution in [2.45, 2.75) is 45.1 Å². The van der Waals surface area contributed by atoms with Crippen molar-refractivity contribution < 1.29 is 9.47 Å². The van der Waals surface area contributed by atoms with Gasteiger partial charge in [0.15, 0.2) is 11.5 Å². The summed E-state index contributed by atoms with van der Waals surface area (Å²) < 4.78 is 13.3. The minimum atomic E-state index is 0.737. The molecule has 0 N–H and O–H groups in total. The Hall–Kier alpha value is -2.49. The van der Waals surface area contributed by atoms with E-state index in [1.165, 1.54) is 44.0 Å². The molecule has 0 unspecified atom stereocenters. The summed E-state index contributed by atoms with van der Waals surface area (Å²) in [6.07, 6.45) is 8.15. The molecule has 1 aliphatic carbocycles. The van der Waals surface area contributed by atoms with Crippen LogP contribution in [0.5, 0.6) is 11.5 Å². The number of rotatable bonds is 6. The number of methoxy groups -OCH3 is 2. The number of hydrogen-bond acceptors (Lipinski definition) is 3. The van der Waals surface area contributed by atoms with E-state index in [0.29, 0.717) is 0 Å². The van der Waals surface area contributed by atoms with Gasteiger partial charge in [0.2, 0.25) is 0 Å². The zero-order valence-electron chi connectivity index (χ0n) is 16.3. The van der Waals surface area contributed by atoms with Gasteiger partial charge in [-0.1, -0.05) is 44.2 Å². The van der Waals surface area contributed by atoms with Crippen LogP contribution in [0.15, 0.2) is 42.5 Å². The summed E-state index contributed by atoms with van der Waals surface area (Å²) in [6.45, 7) is 1.01. The van der Waals surface area contributed by atoms with Crippen LogP contribution >= 0.6 is 0 Å². The summed E-state index contributed by atoms with van der Waals surface area (Å²) in [7, 11) is 3.34. The Labute approximate surface area is 161 Å². The first-order chi connectivity index (χ1) is 13.3. The monoisotopic (exact) mass is 364 g/mol. The number of aromatic nitrogens is 2. The van der Waals surface area contributed by atoms with Gasteiger partial charge in [0.1, 0.15) is 5.82 Å². The second-order valence-corrected chi connectivity index (χ2v) is 7.44. The normalized spacial score (nSPS) is 15.2. The van der Waals surface area contributed by atoms with Gasteiger partial charge in [-0.15, -0.1) is 0 Å². The standard InChI is InChI=1S/C23H28N2O2/c1-26-21-13-12-18(16-22(21)27-2)23-24-19-10-6-7-11-20(19)25(23)15-14-17-8-4-3-5-9-17/h6-7,10-13,16-17H,3-5,8-9,14-15H2,1-2H3. The molecule has 3 aromatic rings.